The van der Waals surface area contributed by atoms with Crippen molar-refractivity contribution < 1.29 is 0 Å². The first-order chi connectivity index (χ1) is 9.08. The van der Waals surface area contributed by atoms with Crippen molar-refractivity contribution in [3.8, 4) is 0 Å². The third kappa shape index (κ3) is 3.75. The van der Waals surface area contributed by atoms with E-state index in [0.29, 0.717) is 6.04 Å². The molecule has 3 nitrogen and oxygen atoms in total. The lowest BCUT2D eigenvalue weighted by atomic mass is 9.74. The standard InChI is InChI=1S/C16H27N3/c1-11(2)14-6-5-12(3)9-15(14)19-13(4)16-10-17-7-8-18-16/h7-8,10-15,19H,5-6,9H2,1-4H3. The van der Waals surface area contributed by atoms with Gasteiger partial charge >= 0.3 is 0 Å². The molecule has 0 radical (unpaired) electrons. The van der Waals surface area contributed by atoms with Gasteiger partial charge in [0.05, 0.1) is 5.69 Å². The molecule has 19 heavy (non-hydrogen) atoms. The van der Waals surface area contributed by atoms with Gasteiger partial charge < -0.3 is 5.32 Å². The van der Waals surface area contributed by atoms with Gasteiger partial charge in [-0.05, 0) is 37.5 Å². The Balaban J connectivity index is 2.02. The van der Waals surface area contributed by atoms with E-state index in [1.807, 2.05) is 6.20 Å². The molecule has 0 saturated heterocycles. The molecule has 1 saturated carbocycles. The van der Waals surface area contributed by atoms with Crippen molar-refractivity contribution in [3.63, 3.8) is 0 Å². The van der Waals surface area contributed by atoms with Gasteiger partial charge in [0.2, 0.25) is 0 Å². The van der Waals surface area contributed by atoms with E-state index in [1.165, 1.54) is 19.3 Å². The van der Waals surface area contributed by atoms with E-state index < -0.39 is 0 Å². The number of nitrogens with zero attached hydrogens (tertiary/aromatic N) is 2. The molecule has 2 rings (SSSR count). The quantitative estimate of drug-likeness (QED) is 0.900. The molecular weight excluding hydrogens is 234 g/mol. The first kappa shape index (κ1) is 14.4. The smallest absolute Gasteiger partial charge is 0.0753 e. The summed E-state index contributed by atoms with van der Waals surface area (Å²) in [6, 6.07) is 0.894. The predicted octanol–water partition coefficient (Wildman–Crippen LogP) is 3.59. The van der Waals surface area contributed by atoms with Crippen molar-refractivity contribution in [2.75, 3.05) is 0 Å². The molecule has 0 aromatic carbocycles. The lowest BCUT2D eigenvalue weighted by molar-refractivity contribution is 0.160. The van der Waals surface area contributed by atoms with Crippen molar-refractivity contribution >= 4 is 0 Å². The average Bonchev–Trinajstić information content (AvgIpc) is 2.39. The Morgan fingerprint density at radius 1 is 1.21 bits per heavy atom. The van der Waals surface area contributed by atoms with Crippen LogP contribution in [0.1, 0.15) is 58.7 Å². The van der Waals surface area contributed by atoms with Crippen molar-refractivity contribution in [2.45, 2.75) is 59.0 Å². The highest BCUT2D eigenvalue weighted by molar-refractivity contribution is 5.02. The van der Waals surface area contributed by atoms with Crippen LogP contribution >= 0.6 is 0 Å². The molecule has 1 aromatic heterocycles. The third-order valence-electron chi connectivity index (χ3n) is 4.51. The number of hydrogen-bond acceptors (Lipinski definition) is 3. The molecule has 0 aliphatic heterocycles. The van der Waals surface area contributed by atoms with Crippen LogP contribution in [-0.2, 0) is 0 Å². The molecule has 4 atom stereocenters. The average molecular weight is 261 g/mol. The summed E-state index contributed by atoms with van der Waals surface area (Å²) >= 11 is 0. The summed E-state index contributed by atoms with van der Waals surface area (Å²) in [5.41, 5.74) is 1.04. The van der Waals surface area contributed by atoms with Gasteiger partial charge in [-0.15, -0.1) is 0 Å². The summed E-state index contributed by atoms with van der Waals surface area (Å²) < 4.78 is 0. The van der Waals surface area contributed by atoms with E-state index in [9.17, 15) is 0 Å². The van der Waals surface area contributed by atoms with Gasteiger partial charge in [-0.25, -0.2) is 0 Å². The van der Waals surface area contributed by atoms with Crippen molar-refractivity contribution in [1.82, 2.24) is 15.3 Å². The largest absolute Gasteiger partial charge is 0.306 e. The molecule has 0 bridgehead atoms. The van der Waals surface area contributed by atoms with Crippen molar-refractivity contribution in [1.29, 1.82) is 0 Å². The Labute approximate surface area is 117 Å². The van der Waals surface area contributed by atoms with E-state index in [-0.39, 0.29) is 6.04 Å². The Hall–Kier alpha value is -0.960. The Morgan fingerprint density at radius 3 is 2.63 bits per heavy atom. The molecule has 1 aliphatic rings. The minimum Gasteiger partial charge on any atom is -0.306 e. The van der Waals surface area contributed by atoms with E-state index in [2.05, 4.69) is 43.0 Å². The molecule has 1 heterocycles. The zero-order valence-electron chi connectivity index (χ0n) is 12.6. The number of nitrogens with one attached hydrogen (secondary N) is 1. The van der Waals surface area contributed by atoms with Crippen LogP contribution in [-0.4, -0.2) is 16.0 Å². The maximum absolute atomic E-state index is 4.41. The van der Waals surface area contributed by atoms with Gasteiger partial charge in [0.15, 0.2) is 0 Å². The topological polar surface area (TPSA) is 37.8 Å². The SMILES string of the molecule is CC1CCC(C(C)C)C(NC(C)c2cnccn2)C1. The highest BCUT2D eigenvalue weighted by Gasteiger charge is 2.31. The molecule has 0 amide bonds. The summed E-state index contributed by atoms with van der Waals surface area (Å²) in [5, 5.41) is 3.79. The van der Waals surface area contributed by atoms with Crippen LogP contribution in [0.3, 0.4) is 0 Å². The zero-order valence-corrected chi connectivity index (χ0v) is 12.6. The summed E-state index contributed by atoms with van der Waals surface area (Å²) in [4.78, 5) is 8.57. The van der Waals surface area contributed by atoms with Crippen LogP contribution < -0.4 is 5.32 Å². The van der Waals surface area contributed by atoms with E-state index >= 15 is 0 Å². The number of rotatable bonds is 4. The van der Waals surface area contributed by atoms with Crippen LogP contribution in [0.5, 0.6) is 0 Å². The lowest BCUT2D eigenvalue weighted by Gasteiger charge is -2.39. The van der Waals surface area contributed by atoms with Crippen molar-refractivity contribution in [3.05, 3.63) is 24.3 Å². The fraction of sp³-hybridized carbons (Fsp3) is 0.750. The Morgan fingerprint density at radius 2 is 2.00 bits per heavy atom. The van der Waals surface area contributed by atoms with E-state index in [1.54, 1.807) is 12.4 Å². The maximum Gasteiger partial charge on any atom is 0.0753 e. The van der Waals surface area contributed by atoms with Crippen LogP contribution in [0.2, 0.25) is 0 Å². The minimum atomic E-state index is 0.283. The summed E-state index contributed by atoms with van der Waals surface area (Å²) in [6.45, 7) is 9.27. The van der Waals surface area contributed by atoms with Gasteiger partial charge in [0.1, 0.15) is 0 Å². The summed E-state index contributed by atoms with van der Waals surface area (Å²) in [6.07, 6.45) is 9.39. The van der Waals surface area contributed by atoms with Gasteiger partial charge in [0.25, 0.3) is 0 Å². The fourth-order valence-corrected chi connectivity index (χ4v) is 3.33. The maximum atomic E-state index is 4.41. The number of hydrogen-bond donors (Lipinski definition) is 1. The molecule has 1 aliphatic carbocycles. The third-order valence-corrected chi connectivity index (χ3v) is 4.51. The summed E-state index contributed by atoms with van der Waals surface area (Å²) in [5.74, 6) is 2.37. The Kier molecular flexibility index (Phi) is 4.92. The molecule has 1 aromatic rings. The second kappa shape index (κ2) is 6.47. The molecule has 1 fully saturated rings. The first-order valence-electron chi connectivity index (χ1n) is 7.60. The highest BCUT2D eigenvalue weighted by atomic mass is 15.0. The van der Waals surface area contributed by atoms with Gasteiger partial charge in [-0.3, -0.25) is 9.97 Å². The lowest BCUT2D eigenvalue weighted by Crippen LogP contribution is -2.44. The normalized spacial score (nSPS) is 29.4. The van der Waals surface area contributed by atoms with Crippen LogP contribution in [0.15, 0.2) is 18.6 Å². The first-order valence-corrected chi connectivity index (χ1v) is 7.60. The second-order valence-electron chi connectivity index (χ2n) is 6.45. The second-order valence-corrected chi connectivity index (χ2v) is 6.45. The van der Waals surface area contributed by atoms with Gasteiger partial charge in [0, 0.05) is 30.7 Å². The molecule has 0 spiro atoms. The van der Waals surface area contributed by atoms with E-state index in [0.717, 1.165) is 23.4 Å². The molecule has 1 N–H and O–H groups in total. The molecule has 106 valence electrons. The van der Waals surface area contributed by atoms with Crippen LogP contribution in [0, 0.1) is 17.8 Å². The van der Waals surface area contributed by atoms with E-state index in [4.69, 9.17) is 0 Å². The van der Waals surface area contributed by atoms with Crippen molar-refractivity contribution in [2.24, 2.45) is 17.8 Å². The highest BCUT2D eigenvalue weighted by Crippen LogP contribution is 2.34. The predicted molar refractivity (Wildman–Crippen MR) is 78.7 cm³/mol. The van der Waals surface area contributed by atoms with Crippen LogP contribution in [0.4, 0.5) is 0 Å². The molecular formula is C16H27N3. The van der Waals surface area contributed by atoms with Gasteiger partial charge in [-0.2, -0.15) is 0 Å². The monoisotopic (exact) mass is 261 g/mol. The van der Waals surface area contributed by atoms with Crippen LogP contribution in [0.25, 0.3) is 0 Å². The fourth-order valence-electron chi connectivity index (χ4n) is 3.33. The zero-order chi connectivity index (χ0) is 13.8. The van der Waals surface area contributed by atoms with Gasteiger partial charge in [-0.1, -0.05) is 27.2 Å². The Bertz CT molecular complexity index is 377. The molecule has 3 heteroatoms. The molecule has 4 unspecified atom stereocenters. The number of aromatic nitrogens is 2. The minimum absolute atomic E-state index is 0.283. The summed E-state index contributed by atoms with van der Waals surface area (Å²) in [7, 11) is 0.